The van der Waals surface area contributed by atoms with Crippen molar-refractivity contribution in [2.75, 3.05) is 4.90 Å². The van der Waals surface area contributed by atoms with Gasteiger partial charge >= 0.3 is 0 Å². The number of anilines is 1. The van der Waals surface area contributed by atoms with Crippen LogP contribution in [-0.4, -0.2) is 17.9 Å². The number of carbonyl (C=O) groups is 2. The number of fused-ring (bicyclic) bond motifs is 1. The average Bonchev–Trinajstić information content (AvgIpc) is 3.63. The summed E-state index contributed by atoms with van der Waals surface area (Å²) in [7, 11) is 0. The number of hydrogen-bond acceptors (Lipinski definition) is 3. The molecule has 0 aromatic heterocycles. The number of thioether (sulfide) groups is 1. The highest BCUT2D eigenvalue weighted by molar-refractivity contribution is 8.04. The first-order chi connectivity index (χ1) is 16.0. The molecule has 0 bridgehead atoms. The Hall–Kier alpha value is -3.31. The third kappa shape index (κ3) is 4.74. The normalized spacial score (nSPS) is 16.6. The molecule has 1 N–H and O–H groups in total. The lowest BCUT2D eigenvalue weighted by Crippen LogP contribution is -2.34. The number of rotatable bonds is 5. The second kappa shape index (κ2) is 8.91. The van der Waals surface area contributed by atoms with Gasteiger partial charge in [-0.2, -0.15) is 0 Å². The van der Waals surface area contributed by atoms with Gasteiger partial charge in [0.15, 0.2) is 0 Å². The van der Waals surface area contributed by atoms with Crippen LogP contribution in [0.5, 0.6) is 0 Å². The molecule has 2 amide bonds. The predicted octanol–water partition coefficient (Wildman–Crippen LogP) is 5.88. The van der Waals surface area contributed by atoms with Crippen LogP contribution in [0.1, 0.15) is 45.5 Å². The van der Waals surface area contributed by atoms with Crippen molar-refractivity contribution in [3.8, 4) is 0 Å². The molecular formula is C28H26N2O2S. The number of amides is 2. The van der Waals surface area contributed by atoms with Crippen molar-refractivity contribution in [2.24, 2.45) is 0 Å². The molecule has 33 heavy (non-hydrogen) atoms. The van der Waals surface area contributed by atoms with Crippen LogP contribution in [0.3, 0.4) is 0 Å². The summed E-state index contributed by atoms with van der Waals surface area (Å²) in [6.45, 7) is 4.69. The summed E-state index contributed by atoms with van der Waals surface area (Å²) in [5.74, 6) is -0.0383. The summed E-state index contributed by atoms with van der Waals surface area (Å²) in [4.78, 5) is 29.4. The molecule has 5 heteroatoms. The molecule has 166 valence electrons. The summed E-state index contributed by atoms with van der Waals surface area (Å²) in [5.41, 5.74) is 6.00. The molecule has 1 aliphatic carbocycles. The highest BCUT2D eigenvalue weighted by Crippen LogP contribution is 2.42. The zero-order valence-electron chi connectivity index (χ0n) is 18.8. The fourth-order valence-electron chi connectivity index (χ4n) is 3.94. The number of aryl methyl sites for hydroxylation is 2. The van der Waals surface area contributed by atoms with E-state index in [0.29, 0.717) is 23.1 Å². The Bertz CT molecular complexity index is 1260. The van der Waals surface area contributed by atoms with E-state index in [9.17, 15) is 9.59 Å². The molecule has 5 rings (SSSR count). The zero-order valence-corrected chi connectivity index (χ0v) is 19.6. The predicted molar refractivity (Wildman–Crippen MR) is 134 cm³/mol. The Kier molecular flexibility index (Phi) is 5.81. The molecule has 2 aliphatic rings. The Morgan fingerprint density at radius 1 is 1.06 bits per heavy atom. The lowest BCUT2D eigenvalue weighted by molar-refractivity contribution is -0.114. The van der Waals surface area contributed by atoms with Gasteiger partial charge in [-0.15, -0.1) is 0 Å². The quantitative estimate of drug-likeness (QED) is 0.490. The average molecular weight is 455 g/mol. The number of hydrogen-bond donors (Lipinski definition) is 1. The molecule has 1 heterocycles. The van der Waals surface area contributed by atoms with Crippen LogP contribution in [0.2, 0.25) is 0 Å². The van der Waals surface area contributed by atoms with Gasteiger partial charge in [0.1, 0.15) is 0 Å². The maximum Gasteiger partial charge on any atom is 0.265 e. The first-order valence-electron chi connectivity index (χ1n) is 11.3. The van der Waals surface area contributed by atoms with Crippen LogP contribution in [0.15, 0.2) is 76.5 Å². The van der Waals surface area contributed by atoms with Crippen LogP contribution in [-0.2, 0) is 11.3 Å². The van der Waals surface area contributed by atoms with Crippen molar-refractivity contribution in [1.29, 1.82) is 0 Å². The fourth-order valence-corrected chi connectivity index (χ4v) is 5.00. The fraction of sp³-hybridized carbons (Fsp3) is 0.214. The minimum Gasteiger partial charge on any atom is -0.349 e. The monoisotopic (exact) mass is 454 g/mol. The van der Waals surface area contributed by atoms with E-state index in [-0.39, 0.29) is 11.8 Å². The molecule has 3 aromatic rings. The molecule has 0 atom stereocenters. The van der Waals surface area contributed by atoms with Gasteiger partial charge in [-0.25, -0.2) is 0 Å². The second-order valence-electron chi connectivity index (χ2n) is 8.77. The van der Waals surface area contributed by atoms with Gasteiger partial charge in [0.05, 0.1) is 17.1 Å². The lowest BCUT2D eigenvalue weighted by Gasteiger charge is -2.31. The third-order valence-electron chi connectivity index (χ3n) is 6.05. The van der Waals surface area contributed by atoms with Gasteiger partial charge in [0, 0.05) is 16.5 Å². The summed E-state index contributed by atoms with van der Waals surface area (Å²) in [5, 5.41) is 3.01. The SMILES string of the molecule is Cc1ccc(C)c(CN2C(=O)/C(=C/c3ccc(C(=O)NC4CC4)cc3)Sc3ccccc32)c1. The smallest absolute Gasteiger partial charge is 0.265 e. The first kappa shape index (κ1) is 21.5. The molecule has 3 aromatic carbocycles. The van der Waals surface area contributed by atoms with Gasteiger partial charge in [0.25, 0.3) is 11.8 Å². The molecule has 1 fully saturated rings. The van der Waals surface area contributed by atoms with Crippen LogP contribution >= 0.6 is 11.8 Å². The Balaban J connectivity index is 1.43. The number of nitrogens with zero attached hydrogens (tertiary/aromatic N) is 1. The third-order valence-corrected chi connectivity index (χ3v) is 7.13. The van der Waals surface area contributed by atoms with Gasteiger partial charge in [-0.3, -0.25) is 9.59 Å². The van der Waals surface area contributed by atoms with Crippen molar-refractivity contribution in [1.82, 2.24) is 5.32 Å². The van der Waals surface area contributed by atoms with Crippen molar-refractivity contribution < 1.29 is 9.59 Å². The van der Waals surface area contributed by atoms with Gasteiger partial charge in [0.2, 0.25) is 0 Å². The van der Waals surface area contributed by atoms with E-state index in [2.05, 4.69) is 43.4 Å². The zero-order chi connectivity index (χ0) is 22.9. The molecule has 0 spiro atoms. The minimum atomic E-state index is -0.0338. The standard InChI is InChI=1S/C28H26N2O2S/c1-18-7-8-19(2)22(15-18)17-30-24-5-3-4-6-25(24)33-26(28(30)32)16-20-9-11-21(12-10-20)27(31)29-23-13-14-23/h3-12,15-16,23H,13-14,17H2,1-2H3,(H,29,31)/b26-16-. The number of benzene rings is 3. The lowest BCUT2D eigenvalue weighted by atomic mass is 10.0. The Morgan fingerprint density at radius 2 is 1.82 bits per heavy atom. The maximum absolute atomic E-state index is 13.6. The maximum atomic E-state index is 13.6. The van der Waals surface area contributed by atoms with Gasteiger partial charge < -0.3 is 10.2 Å². The molecule has 0 unspecified atom stereocenters. The molecule has 0 radical (unpaired) electrons. The van der Waals surface area contributed by atoms with E-state index in [1.807, 2.05) is 53.4 Å². The largest absolute Gasteiger partial charge is 0.349 e. The van der Waals surface area contributed by atoms with Crippen LogP contribution in [0.25, 0.3) is 6.08 Å². The number of nitrogens with one attached hydrogen (secondary N) is 1. The van der Waals surface area contributed by atoms with Gasteiger partial charge in [-0.1, -0.05) is 59.8 Å². The molecule has 1 aliphatic heterocycles. The molecule has 0 saturated heterocycles. The van der Waals surface area contributed by atoms with E-state index in [1.165, 1.54) is 22.9 Å². The molecule has 4 nitrogen and oxygen atoms in total. The summed E-state index contributed by atoms with van der Waals surface area (Å²) >= 11 is 1.50. The summed E-state index contributed by atoms with van der Waals surface area (Å²) in [6, 6.07) is 22.2. The van der Waals surface area contributed by atoms with E-state index in [0.717, 1.165) is 34.6 Å². The number of carbonyl (C=O) groups excluding carboxylic acids is 2. The highest BCUT2D eigenvalue weighted by Gasteiger charge is 2.29. The first-order valence-corrected chi connectivity index (χ1v) is 12.1. The Morgan fingerprint density at radius 3 is 2.58 bits per heavy atom. The molecular weight excluding hydrogens is 428 g/mol. The number of para-hydroxylation sites is 1. The van der Waals surface area contributed by atoms with E-state index in [1.54, 1.807) is 0 Å². The van der Waals surface area contributed by atoms with E-state index in [4.69, 9.17) is 0 Å². The highest BCUT2D eigenvalue weighted by atomic mass is 32.2. The van der Waals surface area contributed by atoms with Gasteiger partial charge in [-0.05, 0) is 73.7 Å². The molecule has 1 saturated carbocycles. The minimum absolute atomic E-state index is 0.00448. The van der Waals surface area contributed by atoms with E-state index >= 15 is 0 Å². The van der Waals surface area contributed by atoms with Crippen LogP contribution < -0.4 is 10.2 Å². The van der Waals surface area contributed by atoms with Crippen LogP contribution in [0, 0.1) is 13.8 Å². The van der Waals surface area contributed by atoms with Crippen molar-refractivity contribution in [2.45, 2.75) is 44.2 Å². The Labute approximate surface area is 198 Å². The second-order valence-corrected chi connectivity index (χ2v) is 9.85. The summed E-state index contributed by atoms with van der Waals surface area (Å²) < 4.78 is 0. The van der Waals surface area contributed by atoms with Crippen molar-refractivity contribution >= 4 is 35.3 Å². The van der Waals surface area contributed by atoms with Crippen molar-refractivity contribution in [3.63, 3.8) is 0 Å². The van der Waals surface area contributed by atoms with Crippen molar-refractivity contribution in [3.05, 3.63) is 99.5 Å². The summed E-state index contributed by atoms with van der Waals surface area (Å²) in [6.07, 6.45) is 4.05. The van der Waals surface area contributed by atoms with Crippen LogP contribution in [0.4, 0.5) is 5.69 Å². The topological polar surface area (TPSA) is 49.4 Å². The van der Waals surface area contributed by atoms with E-state index < -0.39 is 0 Å².